The van der Waals surface area contributed by atoms with Crippen molar-refractivity contribution in [2.45, 2.75) is 12.8 Å². The molecule has 1 rings (SSSR count). The van der Waals surface area contributed by atoms with E-state index >= 15 is 0 Å². The van der Waals surface area contributed by atoms with Crippen molar-refractivity contribution in [1.29, 1.82) is 0 Å². The van der Waals surface area contributed by atoms with E-state index < -0.39 is 0 Å². The third-order valence-electron chi connectivity index (χ3n) is 1.29. The minimum atomic E-state index is 0.810. The molecule has 43 valence electrons. The Kier molecular flexibility index (Phi) is 2.22. The summed E-state index contributed by atoms with van der Waals surface area (Å²) in [4.78, 5) is 0. The lowest BCUT2D eigenvalue weighted by atomic mass is 10.1. The number of allylic oxidation sites excluding steroid dienone is 3. The Morgan fingerprint density at radius 3 is 2.88 bits per heavy atom. The molecule has 0 aliphatic heterocycles. The third kappa shape index (κ3) is 1.41. The molecular weight excluding hydrogens is 116 g/mol. The van der Waals surface area contributed by atoms with Crippen LogP contribution in [-0.2, 0) is 0 Å². The third-order valence-corrected chi connectivity index (χ3v) is 1.66. The van der Waals surface area contributed by atoms with Crippen LogP contribution in [0.15, 0.2) is 23.8 Å². The monoisotopic (exact) mass is 125 g/mol. The van der Waals surface area contributed by atoms with Crippen molar-refractivity contribution in [2.24, 2.45) is 0 Å². The van der Waals surface area contributed by atoms with Gasteiger partial charge in [0.15, 0.2) is 0 Å². The second-order valence-electron chi connectivity index (χ2n) is 1.94. The molecule has 0 atom stereocenters. The van der Waals surface area contributed by atoms with E-state index in [1.165, 1.54) is 18.4 Å². The van der Waals surface area contributed by atoms with Crippen molar-refractivity contribution in [3.8, 4) is 0 Å². The van der Waals surface area contributed by atoms with Gasteiger partial charge in [-0.3, -0.25) is 0 Å². The fourth-order valence-electron chi connectivity index (χ4n) is 0.773. The first-order valence-electron chi connectivity index (χ1n) is 2.86. The van der Waals surface area contributed by atoms with Crippen LogP contribution in [0.1, 0.15) is 12.8 Å². The van der Waals surface area contributed by atoms with Gasteiger partial charge in [0.25, 0.3) is 0 Å². The Bertz CT molecular complexity index is 122. The van der Waals surface area contributed by atoms with Crippen LogP contribution in [0, 0.1) is 0 Å². The van der Waals surface area contributed by atoms with Gasteiger partial charge in [-0.1, -0.05) is 36.4 Å². The van der Waals surface area contributed by atoms with E-state index in [-0.39, 0.29) is 0 Å². The quantitative estimate of drug-likeness (QED) is 0.505. The molecule has 0 N–H and O–H groups in total. The fourth-order valence-corrected chi connectivity index (χ4v) is 1.01. The summed E-state index contributed by atoms with van der Waals surface area (Å²) in [7, 11) is 0. The zero-order chi connectivity index (χ0) is 5.82. The first-order chi connectivity index (χ1) is 3.93. The van der Waals surface area contributed by atoms with Gasteiger partial charge in [0.05, 0.1) is 0 Å². The van der Waals surface area contributed by atoms with Crippen LogP contribution in [0.5, 0.6) is 0 Å². The molecule has 0 unspecified atom stereocenters. The van der Waals surface area contributed by atoms with Crippen molar-refractivity contribution >= 4 is 12.6 Å². The maximum atomic E-state index is 4.87. The first kappa shape index (κ1) is 5.96. The second-order valence-corrected chi connectivity index (χ2v) is 2.22. The highest BCUT2D eigenvalue weighted by molar-refractivity contribution is 7.80. The van der Waals surface area contributed by atoms with Crippen molar-refractivity contribution < 1.29 is 0 Å². The highest BCUT2D eigenvalue weighted by atomic mass is 32.1. The summed E-state index contributed by atoms with van der Waals surface area (Å²) in [5, 5.41) is 0. The van der Waals surface area contributed by atoms with Crippen LogP contribution in [0.25, 0.3) is 0 Å². The molecule has 0 fully saturated rings. The van der Waals surface area contributed by atoms with Crippen LogP contribution in [0.3, 0.4) is 0 Å². The van der Waals surface area contributed by atoms with Crippen LogP contribution in [0.4, 0.5) is 0 Å². The van der Waals surface area contributed by atoms with E-state index in [1.807, 2.05) is 0 Å². The SMILES string of the molecule is [S]CC1=CC=CCC1. The molecule has 0 amide bonds. The summed E-state index contributed by atoms with van der Waals surface area (Å²) < 4.78 is 0. The molecular formula is C7H9S. The van der Waals surface area contributed by atoms with Gasteiger partial charge in [-0.05, 0) is 12.8 Å². The molecule has 1 radical (unpaired) electrons. The van der Waals surface area contributed by atoms with Gasteiger partial charge >= 0.3 is 0 Å². The smallest absolute Gasteiger partial charge is 0.0250 e. The lowest BCUT2D eigenvalue weighted by Crippen LogP contribution is -1.86. The summed E-state index contributed by atoms with van der Waals surface area (Å²) in [6.45, 7) is 0. The van der Waals surface area contributed by atoms with Gasteiger partial charge in [0, 0.05) is 5.75 Å². The molecule has 0 saturated heterocycles. The van der Waals surface area contributed by atoms with Crippen LogP contribution in [-0.4, -0.2) is 5.75 Å². The average Bonchev–Trinajstić information content (AvgIpc) is 1.90. The normalized spacial score (nSPS) is 18.4. The van der Waals surface area contributed by atoms with Gasteiger partial charge in [-0.2, -0.15) is 0 Å². The van der Waals surface area contributed by atoms with Crippen LogP contribution >= 0.6 is 12.6 Å². The van der Waals surface area contributed by atoms with E-state index in [4.69, 9.17) is 12.6 Å². The lowest BCUT2D eigenvalue weighted by Gasteiger charge is -2.02. The van der Waals surface area contributed by atoms with Crippen LogP contribution < -0.4 is 0 Å². The lowest BCUT2D eigenvalue weighted by molar-refractivity contribution is 0.967. The zero-order valence-electron chi connectivity index (χ0n) is 4.76. The molecule has 0 aromatic heterocycles. The molecule has 1 aliphatic rings. The summed E-state index contributed by atoms with van der Waals surface area (Å²) in [6.07, 6.45) is 8.75. The molecule has 0 heterocycles. The molecule has 0 nitrogen and oxygen atoms in total. The van der Waals surface area contributed by atoms with E-state index in [0.717, 1.165) is 5.75 Å². The topological polar surface area (TPSA) is 0 Å². The van der Waals surface area contributed by atoms with Gasteiger partial charge < -0.3 is 0 Å². The van der Waals surface area contributed by atoms with Gasteiger partial charge in [0.1, 0.15) is 0 Å². The minimum Gasteiger partial charge on any atom is -0.0894 e. The molecule has 0 bridgehead atoms. The Hall–Kier alpha value is -0.170. The van der Waals surface area contributed by atoms with Crippen LogP contribution in [0.2, 0.25) is 0 Å². The molecule has 1 aliphatic carbocycles. The van der Waals surface area contributed by atoms with E-state index in [1.54, 1.807) is 0 Å². The zero-order valence-corrected chi connectivity index (χ0v) is 5.58. The summed E-state index contributed by atoms with van der Waals surface area (Å²) >= 11 is 4.87. The van der Waals surface area contributed by atoms with Gasteiger partial charge in [0.2, 0.25) is 0 Å². The Morgan fingerprint density at radius 1 is 1.62 bits per heavy atom. The highest BCUT2D eigenvalue weighted by Crippen LogP contribution is 2.11. The van der Waals surface area contributed by atoms with E-state index in [9.17, 15) is 0 Å². The maximum Gasteiger partial charge on any atom is 0.0250 e. The Morgan fingerprint density at radius 2 is 2.50 bits per heavy atom. The molecule has 0 spiro atoms. The van der Waals surface area contributed by atoms with Gasteiger partial charge in [-0.25, -0.2) is 0 Å². The molecule has 1 heteroatoms. The van der Waals surface area contributed by atoms with Crippen molar-refractivity contribution in [3.63, 3.8) is 0 Å². The Balaban J connectivity index is 2.50. The van der Waals surface area contributed by atoms with Crippen molar-refractivity contribution in [2.75, 3.05) is 5.75 Å². The second kappa shape index (κ2) is 2.98. The highest BCUT2D eigenvalue weighted by Gasteiger charge is 1.94. The van der Waals surface area contributed by atoms with Crippen molar-refractivity contribution in [1.82, 2.24) is 0 Å². The average molecular weight is 125 g/mol. The van der Waals surface area contributed by atoms with Gasteiger partial charge in [-0.15, -0.1) is 0 Å². The molecule has 0 aromatic carbocycles. The maximum absolute atomic E-state index is 4.87. The fraction of sp³-hybridized carbons (Fsp3) is 0.429. The standard InChI is InChI=1S/C7H9S/c8-6-7-4-2-1-3-5-7/h1-2,4H,3,5-6H2. The largest absolute Gasteiger partial charge is 0.0894 e. The summed E-state index contributed by atoms with van der Waals surface area (Å²) in [5.41, 5.74) is 1.41. The summed E-state index contributed by atoms with van der Waals surface area (Å²) in [5.74, 6) is 0.810. The first-order valence-corrected chi connectivity index (χ1v) is 3.44. The molecule has 0 saturated carbocycles. The van der Waals surface area contributed by atoms with E-state index in [0.29, 0.717) is 0 Å². The number of hydrogen-bond donors (Lipinski definition) is 0. The molecule has 0 aromatic rings. The minimum absolute atomic E-state index is 0.810. The summed E-state index contributed by atoms with van der Waals surface area (Å²) in [6, 6.07) is 0. The Labute approximate surface area is 55.7 Å². The predicted octanol–water partition coefficient (Wildman–Crippen LogP) is 2.46. The molecule has 8 heavy (non-hydrogen) atoms. The predicted molar refractivity (Wildman–Crippen MR) is 38.9 cm³/mol. The van der Waals surface area contributed by atoms with Crippen molar-refractivity contribution in [3.05, 3.63) is 23.8 Å². The van der Waals surface area contributed by atoms with E-state index in [2.05, 4.69) is 18.2 Å². The number of rotatable bonds is 1. The number of hydrogen-bond acceptors (Lipinski definition) is 0.